The molecule has 0 saturated carbocycles. The maximum Gasteiger partial charge on any atom is 0.320 e. The number of hydrogen-bond donors (Lipinski definition) is 0. The van der Waals surface area contributed by atoms with E-state index in [0.717, 1.165) is 70.9 Å². The molecule has 0 unspecified atom stereocenters. The predicted octanol–water partition coefficient (Wildman–Crippen LogP) is 2.40. The van der Waals surface area contributed by atoms with E-state index >= 15 is 0 Å². The topological polar surface area (TPSA) is 63.1 Å². The highest BCUT2D eigenvalue weighted by atomic mass is 35.5. The zero-order chi connectivity index (χ0) is 20.8. The number of hydrogen-bond acceptors (Lipinski definition) is 5. The first kappa shape index (κ1) is 23.8. The van der Waals surface area contributed by atoms with Crippen LogP contribution in [0.4, 0.5) is 4.79 Å². The van der Waals surface area contributed by atoms with Crippen LogP contribution in [0.15, 0.2) is 24.3 Å². The van der Waals surface area contributed by atoms with Crippen LogP contribution in [0.1, 0.15) is 30.4 Å². The zero-order valence-corrected chi connectivity index (χ0v) is 19.1. The Labute approximate surface area is 191 Å². The second-order valence-corrected chi connectivity index (χ2v) is 8.58. The second kappa shape index (κ2) is 11.7. The largest absolute Gasteiger partial charge is 0.378 e. The van der Waals surface area contributed by atoms with Crippen molar-refractivity contribution in [3.05, 3.63) is 35.4 Å². The van der Waals surface area contributed by atoms with Gasteiger partial charge in [-0.3, -0.25) is 9.80 Å². The van der Waals surface area contributed by atoms with Crippen molar-refractivity contribution < 1.29 is 9.53 Å². The van der Waals surface area contributed by atoms with Crippen molar-refractivity contribution in [2.75, 3.05) is 65.6 Å². The van der Waals surface area contributed by atoms with Crippen LogP contribution in [0, 0.1) is 11.3 Å². The maximum absolute atomic E-state index is 12.8. The molecular formula is C23H34ClN5O2. The van der Waals surface area contributed by atoms with E-state index in [2.05, 4.69) is 21.9 Å². The highest BCUT2D eigenvalue weighted by Gasteiger charge is 2.29. The molecule has 2 amide bonds. The molecule has 3 aliphatic heterocycles. The van der Waals surface area contributed by atoms with Gasteiger partial charge in [0, 0.05) is 51.9 Å². The number of amides is 2. The lowest BCUT2D eigenvalue weighted by Crippen LogP contribution is -2.49. The molecule has 0 aliphatic carbocycles. The number of likely N-dealkylation sites (tertiary alicyclic amines) is 1. The number of nitriles is 1. The van der Waals surface area contributed by atoms with Gasteiger partial charge in [-0.1, -0.05) is 12.1 Å². The van der Waals surface area contributed by atoms with Crippen LogP contribution < -0.4 is 0 Å². The molecule has 170 valence electrons. The molecule has 0 radical (unpaired) electrons. The fraction of sp³-hybridized carbons (Fsp3) is 0.652. The number of nitrogens with zero attached hydrogens (tertiary/aromatic N) is 5. The minimum Gasteiger partial charge on any atom is -0.378 e. The Morgan fingerprint density at radius 1 is 1.00 bits per heavy atom. The van der Waals surface area contributed by atoms with Gasteiger partial charge in [0.25, 0.3) is 0 Å². The molecule has 31 heavy (non-hydrogen) atoms. The number of carbonyl (C=O) groups excluding carboxylic acids is 1. The highest BCUT2D eigenvalue weighted by Crippen LogP contribution is 2.21. The molecule has 7 nitrogen and oxygen atoms in total. The van der Waals surface area contributed by atoms with E-state index in [0.29, 0.717) is 19.3 Å². The summed E-state index contributed by atoms with van der Waals surface area (Å²) in [6.07, 6.45) is 3.40. The molecule has 1 aromatic rings. The number of ether oxygens (including phenoxy) is 1. The van der Waals surface area contributed by atoms with Crippen molar-refractivity contribution in [2.45, 2.75) is 31.8 Å². The van der Waals surface area contributed by atoms with E-state index in [1.165, 1.54) is 18.4 Å². The SMILES string of the molecule is Cl.N#Cc1cccc(CN2CCC(N3CCCN(C(=O)N4CCOCC4)CC3)CC2)c1. The van der Waals surface area contributed by atoms with Crippen LogP contribution in [0.2, 0.25) is 0 Å². The molecular weight excluding hydrogens is 414 g/mol. The second-order valence-electron chi connectivity index (χ2n) is 8.58. The van der Waals surface area contributed by atoms with Gasteiger partial charge in [0.15, 0.2) is 0 Å². The Morgan fingerprint density at radius 3 is 2.48 bits per heavy atom. The van der Waals surface area contributed by atoms with E-state index < -0.39 is 0 Å². The lowest BCUT2D eigenvalue weighted by Gasteiger charge is -2.38. The summed E-state index contributed by atoms with van der Waals surface area (Å²) in [5, 5.41) is 9.09. The van der Waals surface area contributed by atoms with Gasteiger partial charge in [0.1, 0.15) is 0 Å². The third kappa shape index (κ3) is 6.33. The fourth-order valence-electron chi connectivity index (χ4n) is 4.89. The first-order valence-electron chi connectivity index (χ1n) is 11.3. The number of rotatable bonds is 3. The lowest BCUT2D eigenvalue weighted by molar-refractivity contribution is 0.0432. The molecule has 0 N–H and O–H groups in total. The first-order chi connectivity index (χ1) is 14.7. The zero-order valence-electron chi connectivity index (χ0n) is 18.2. The number of carbonyl (C=O) groups is 1. The summed E-state index contributed by atoms with van der Waals surface area (Å²) >= 11 is 0. The Kier molecular flexibility index (Phi) is 8.97. The maximum atomic E-state index is 12.8. The molecule has 8 heteroatoms. The van der Waals surface area contributed by atoms with Gasteiger partial charge in [-0.05, 0) is 50.0 Å². The van der Waals surface area contributed by atoms with Gasteiger partial charge in [0.05, 0.1) is 24.8 Å². The summed E-state index contributed by atoms with van der Waals surface area (Å²) in [6, 6.07) is 11.0. The normalized spacial score (nSPS) is 21.8. The first-order valence-corrected chi connectivity index (χ1v) is 11.3. The predicted molar refractivity (Wildman–Crippen MR) is 122 cm³/mol. The quantitative estimate of drug-likeness (QED) is 0.712. The van der Waals surface area contributed by atoms with E-state index in [1.807, 2.05) is 28.0 Å². The summed E-state index contributed by atoms with van der Waals surface area (Å²) in [4.78, 5) is 21.9. The van der Waals surface area contributed by atoms with Crippen LogP contribution in [0.5, 0.6) is 0 Å². The molecule has 3 saturated heterocycles. The highest BCUT2D eigenvalue weighted by molar-refractivity contribution is 5.85. The smallest absolute Gasteiger partial charge is 0.320 e. The van der Waals surface area contributed by atoms with Crippen LogP contribution in [-0.4, -0.2) is 97.2 Å². The Bertz CT molecular complexity index is 757. The Balaban J connectivity index is 0.00000272. The summed E-state index contributed by atoms with van der Waals surface area (Å²) in [5.41, 5.74) is 1.96. The van der Waals surface area contributed by atoms with Gasteiger partial charge in [-0.15, -0.1) is 12.4 Å². The average Bonchev–Trinajstić information content (AvgIpc) is 3.06. The summed E-state index contributed by atoms with van der Waals surface area (Å²) < 4.78 is 5.38. The molecule has 0 aromatic heterocycles. The van der Waals surface area contributed by atoms with E-state index in [9.17, 15) is 4.79 Å². The molecule has 3 heterocycles. The summed E-state index contributed by atoms with van der Waals surface area (Å²) in [5.74, 6) is 0. The van der Waals surface area contributed by atoms with Crippen molar-refractivity contribution in [1.82, 2.24) is 19.6 Å². The number of urea groups is 1. The summed E-state index contributed by atoms with van der Waals surface area (Å²) in [7, 11) is 0. The molecule has 4 rings (SSSR count). The Morgan fingerprint density at radius 2 is 1.74 bits per heavy atom. The van der Waals surface area contributed by atoms with E-state index in [-0.39, 0.29) is 18.4 Å². The molecule has 3 aliphatic rings. The lowest BCUT2D eigenvalue weighted by atomic mass is 10.0. The third-order valence-electron chi connectivity index (χ3n) is 6.62. The van der Waals surface area contributed by atoms with Crippen molar-refractivity contribution in [3.8, 4) is 6.07 Å². The monoisotopic (exact) mass is 447 g/mol. The van der Waals surface area contributed by atoms with Crippen molar-refractivity contribution in [1.29, 1.82) is 5.26 Å². The molecule has 3 fully saturated rings. The number of piperidine rings is 1. The van der Waals surface area contributed by atoms with Gasteiger partial charge in [-0.25, -0.2) is 4.79 Å². The Hall–Kier alpha value is -1.85. The van der Waals surface area contributed by atoms with Gasteiger partial charge < -0.3 is 14.5 Å². The van der Waals surface area contributed by atoms with E-state index in [1.54, 1.807) is 0 Å². The molecule has 1 aromatic carbocycles. The van der Waals surface area contributed by atoms with Crippen LogP contribution in [-0.2, 0) is 11.3 Å². The number of halogens is 1. The van der Waals surface area contributed by atoms with Crippen LogP contribution in [0.3, 0.4) is 0 Å². The third-order valence-corrected chi connectivity index (χ3v) is 6.62. The van der Waals surface area contributed by atoms with Crippen molar-refractivity contribution in [3.63, 3.8) is 0 Å². The summed E-state index contributed by atoms with van der Waals surface area (Å²) in [6.45, 7) is 9.61. The van der Waals surface area contributed by atoms with Gasteiger partial charge in [0.2, 0.25) is 0 Å². The minimum atomic E-state index is 0. The van der Waals surface area contributed by atoms with Gasteiger partial charge >= 0.3 is 6.03 Å². The fourth-order valence-corrected chi connectivity index (χ4v) is 4.89. The minimum absolute atomic E-state index is 0. The van der Waals surface area contributed by atoms with Gasteiger partial charge in [-0.2, -0.15) is 5.26 Å². The molecule has 0 spiro atoms. The van der Waals surface area contributed by atoms with Crippen molar-refractivity contribution >= 4 is 18.4 Å². The van der Waals surface area contributed by atoms with Crippen LogP contribution >= 0.6 is 12.4 Å². The average molecular weight is 448 g/mol. The standard InChI is InChI=1S/C23H33N5O2.ClH/c24-18-20-3-1-4-21(17-20)19-25-9-5-22(6-10-25)26-7-2-8-27(12-11-26)23(29)28-13-15-30-16-14-28;/h1,3-4,17,22H,2,5-16,19H2;1H. The van der Waals surface area contributed by atoms with E-state index in [4.69, 9.17) is 10.00 Å². The molecule has 0 atom stereocenters. The van der Waals surface area contributed by atoms with Crippen LogP contribution in [0.25, 0.3) is 0 Å². The molecule has 0 bridgehead atoms. The number of benzene rings is 1. The number of morpholine rings is 1. The van der Waals surface area contributed by atoms with Crippen molar-refractivity contribution in [2.24, 2.45) is 0 Å².